The first kappa shape index (κ1) is 40.1. The van der Waals surface area contributed by atoms with Gasteiger partial charge in [-0.15, -0.1) is 0 Å². The Morgan fingerprint density at radius 1 is 0.774 bits per heavy atom. The first-order valence-electron chi connectivity index (χ1n) is 7.24. The van der Waals surface area contributed by atoms with Crippen LogP contribution in [0.25, 0.3) is 6.08 Å². The van der Waals surface area contributed by atoms with Crippen LogP contribution < -0.4 is 138 Å². The average Bonchev–Trinajstić information content (AvgIpc) is 2.57. The molecule has 0 aromatic heterocycles. The molecule has 0 aliphatic carbocycles. The number of benzene rings is 2. The van der Waals surface area contributed by atoms with E-state index in [1.54, 1.807) is 6.08 Å². The topological polar surface area (TPSA) is 162 Å². The van der Waals surface area contributed by atoms with Gasteiger partial charge in [0.05, 0.1) is 15.6 Å². The van der Waals surface area contributed by atoms with Crippen molar-refractivity contribution >= 4 is 27.7 Å². The zero-order chi connectivity index (χ0) is 20.3. The average molecular weight is 504 g/mol. The first-order chi connectivity index (χ1) is 12.6. The van der Waals surface area contributed by atoms with Crippen LogP contribution in [-0.4, -0.2) is 5.97 Å². The molecule has 2 aromatic carbocycles. The monoisotopic (exact) mass is 504 g/mol. The maximum Gasteiger partial charge on any atom is 1.00 e. The fraction of sp³-hybridized carbons (Fsp3) is 0.0625. The molecule has 0 radical (unpaired) electrons. The molecule has 0 bridgehead atoms. The van der Waals surface area contributed by atoms with E-state index in [1.165, 1.54) is 6.08 Å². The van der Waals surface area contributed by atoms with Crippen molar-refractivity contribution in [2.45, 2.75) is 6.61 Å². The van der Waals surface area contributed by atoms with Gasteiger partial charge in [0.1, 0.15) is 6.61 Å². The second-order valence-electron chi connectivity index (χ2n) is 4.81. The number of ether oxygens (including phenoxy) is 1. The van der Waals surface area contributed by atoms with E-state index in [1.807, 2.05) is 60.7 Å². The van der Waals surface area contributed by atoms with Gasteiger partial charge in [0.2, 0.25) is 0 Å². The molecule has 146 valence electrons. The quantitative estimate of drug-likeness (QED) is 0.161. The summed E-state index contributed by atoms with van der Waals surface area (Å²) in [6.07, 6.45) is 3.19. The van der Waals surface area contributed by atoms with Gasteiger partial charge in [-0.25, -0.2) is 4.79 Å². The van der Waals surface area contributed by atoms with Crippen molar-refractivity contribution in [3.05, 3.63) is 77.9 Å². The molecular weight excluding hydrogens is 490 g/mol. The summed E-state index contributed by atoms with van der Waals surface area (Å²) in [5, 5.41) is 0. The SMILES string of the molecule is O=C(C=Cc1ccccc1)OCc1ccccc1.O=P([O-])([O-])OP(=O)([O-])[O-].[Na+].[Na+].[Na+].[Na+]. The van der Waals surface area contributed by atoms with Gasteiger partial charge in [-0.3, -0.25) is 0 Å². The molecule has 0 unspecified atom stereocenters. The molecule has 9 nitrogen and oxygen atoms in total. The Morgan fingerprint density at radius 3 is 1.58 bits per heavy atom. The Kier molecular flexibility index (Phi) is 27.4. The summed E-state index contributed by atoms with van der Waals surface area (Å²) in [6.45, 7) is 0.304. The molecule has 0 N–H and O–H groups in total. The molecule has 0 amide bonds. The number of phosphoric acid groups is 2. The molecule has 0 saturated heterocycles. The van der Waals surface area contributed by atoms with Crippen molar-refractivity contribution in [2.24, 2.45) is 0 Å². The van der Waals surface area contributed by atoms with Gasteiger partial charge in [0.15, 0.2) is 0 Å². The summed E-state index contributed by atoms with van der Waals surface area (Å²) in [4.78, 5) is 48.8. The van der Waals surface area contributed by atoms with Crippen molar-refractivity contribution in [3.63, 3.8) is 0 Å². The van der Waals surface area contributed by atoms with E-state index in [-0.39, 0.29) is 124 Å². The van der Waals surface area contributed by atoms with E-state index < -0.39 is 15.6 Å². The Labute approximate surface area is 269 Å². The second kappa shape index (κ2) is 21.2. The third-order valence-electron chi connectivity index (χ3n) is 2.64. The number of rotatable bonds is 6. The number of carbonyl (C=O) groups is 1. The minimum atomic E-state index is -5.68. The molecule has 0 spiro atoms. The Bertz CT molecular complexity index is 823. The predicted octanol–water partition coefficient (Wildman–Crippen LogP) is -11.9. The smallest absolute Gasteiger partial charge is 0.790 e. The fourth-order valence-electron chi connectivity index (χ4n) is 1.63. The number of hydrogen-bond donors (Lipinski definition) is 0. The Balaban J connectivity index is -0.000000246. The second-order valence-corrected chi connectivity index (χ2v) is 7.26. The molecular formula is C16H14Na4O9P2. The molecule has 15 heteroatoms. The number of hydrogen-bond acceptors (Lipinski definition) is 9. The van der Waals surface area contributed by atoms with Crippen LogP contribution in [0.15, 0.2) is 66.7 Å². The summed E-state index contributed by atoms with van der Waals surface area (Å²) in [5.74, 6) is -0.331. The zero-order valence-electron chi connectivity index (χ0n) is 17.7. The maximum absolute atomic E-state index is 11.5. The summed E-state index contributed by atoms with van der Waals surface area (Å²) in [5.41, 5.74) is 1.97. The van der Waals surface area contributed by atoms with Crippen LogP contribution >= 0.6 is 15.6 Å². The van der Waals surface area contributed by atoms with Crippen LogP contribution in [0.2, 0.25) is 0 Å². The minimum Gasteiger partial charge on any atom is -0.790 e. The predicted molar refractivity (Wildman–Crippen MR) is 88.0 cm³/mol. The molecule has 0 atom stereocenters. The molecule has 2 aromatic rings. The van der Waals surface area contributed by atoms with E-state index in [0.717, 1.165) is 11.1 Å². The van der Waals surface area contributed by atoms with Gasteiger partial charge in [-0.1, -0.05) is 60.7 Å². The van der Waals surface area contributed by atoms with Crippen LogP contribution in [0.3, 0.4) is 0 Å². The van der Waals surface area contributed by atoms with E-state index >= 15 is 0 Å². The van der Waals surface area contributed by atoms with Crippen LogP contribution in [0, 0.1) is 0 Å². The fourth-order valence-corrected chi connectivity index (χ4v) is 2.61. The van der Waals surface area contributed by atoms with E-state index in [9.17, 15) is 33.5 Å². The van der Waals surface area contributed by atoms with Crippen molar-refractivity contribution in [2.75, 3.05) is 0 Å². The molecule has 2 rings (SSSR count). The van der Waals surface area contributed by atoms with Gasteiger partial charge >= 0.3 is 124 Å². The number of carbonyl (C=O) groups excluding carboxylic acids is 1. The van der Waals surface area contributed by atoms with Crippen molar-refractivity contribution in [1.29, 1.82) is 0 Å². The van der Waals surface area contributed by atoms with E-state index in [4.69, 9.17) is 4.74 Å². The molecule has 0 heterocycles. The maximum atomic E-state index is 11.5. The van der Waals surface area contributed by atoms with Gasteiger partial charge in [-0.05, 0) is 17.2 Å². The van der Waals surface area contributed by atoms with E-state index in [2.05, 4.69) is 4.31 Å². The Hall–Kier alpha value is 1.91. The van der Waals surface area contributed by atoms with Crippen LogP contribution in [-0.2, 0) is 29.6 Å². The van der Waals surface area contributed by atoms with E-state index in [0.29, 0.717) is 6.61 Å². The van der Waals surface area contributed by atoms with Crippen molar-refractivity contribution in [3.8, 4) is 0 Å². The third kappa shape index (κ3) is 24.8. The largest absolute Gasteiger partial charge is 1.00 e. The normalized spacial score (nSPS) is 10.1. The van der Waals surface area contributed by atoms with Crippen molar-refractivity contribution < 1.29 is 161 Å². The Morgan fingerprint density at radius 2 is 1.19 bits per heavy atom. The standard InChI is InChI=1S/C16H14O2.4Na.H4O7P2/c17-16(12-11-14-7-3-1-4-8-14)18-13-15-9-5-2-6-10-15;;;;;1-8(2,3)7-9(4,5)6/h1-12H,13H2;;;;;(H2,1,2,3)(H2,4,5,6)/q;4*+1;/p-4. The summed E-state index contributed by atoms with van der Waals surface area (Å²) >= 11 is 0. The molecule has 0 fully saturated rings. The zero-order valence-corrected chi connectivity index (χ0v) is 27.5. The summed E-state index contributed by atoms with van der Waals surface area (Å²) in [7, 11) is -11.4. The van der Waals surface area contributed by atoms with Crippen LogP contribution in [0.5, 0.6) is 0 Å². The number of esters is 1. The summed E-state index contributed by atoms with van der Waals surface area (Å²) in [6, 6.07) is 19.3. The minimum absolute atomic E-state index is 0. The third-order valence-corrected chi connectivity index (χ3v) is 4.24. The molecule has 0 aliphatic rings. The van der Waals surface area contributed by atoms with Crippen LogP contribution in [0.1, 0.15) is 11.1 Å². The first-order valence-corrected chi connectivity index (χ1v) is 10.2. The van der Waals surface area contributed by atoms with Gasteiger partial charge in [0.25, 0.3) is 0 Å². The van der Waals surface area contributed by atoms with Crippen LogP contribution in [0.4, 0.5) is 0 Å². The van der Waals surface area contributed by atoms with Gasteiger partial charge in [-0.2, -0.15) is 0 Å². The van der Waals surface area contributed by atoms with Gasteiger partial charge in [0, 0.05) is 6.08 Å². The molecule has 31 heavy (non-hydrogen) atoms. The van der Waals surface area contributed by atoms with Crippen molar-refractivity contribution in [1.82, 2.24) is 0 Å². The summed E-state index contributed by atoms with van der Waals surface area (Å²) < 4.78 is 26.3. The molecule has 0 saturated carbocycles. The van der Waals surface area contributed by atoms with Gasteiger partial charge < -0.3 is 37.8 Å². The molecule has 0 aliphatic heterocycles.